The number of nitrogens with one attached hydrogen (secondary N) is 7. The van der Waals surface area contributed by atoms with Crippen LogP contribution < -0.4 is 37.2 Å². The van der Waals surface area contributed by atoms with E-state index in [1.54, 1.807) is 55.4 Å². The van der Waals surface area contributed by atoms with Gasteiger partial charge in [-0.1, -0.05) is 69.2 Å². The lowest BCUT2D eigenvalue weighted by molar-refractivity contribution is -0.142. The van der Waals surface area contributed by atoms with Crippen LogP contribution in [0.15, 0.2) is 0 Å². The Bertz CT molecular complexity index is 1450. The molecule has 0 radical (unpaired) electrons. The van der Waals surface area contributed by atoms with Crippen LogP contribution in [0, 0.1) is 29.6 Å². The van der Waals surface area contributed by atoms with Crippen molar-refractivity contribution in [3.8, 4) is 0 Å². The molecule has 0 heterocycles. The zero-order valence-corrected chi connectivity index (χ0v) is 34.7. The first-order valence-electron chi connectivity index (χ1n) is 21.4. The van der Waals surface area contributed by atoms with E-state index in [4.69, 9.17) is 7.06 Å². The van der Waals surface area contributed by atoms with Gasteiger partial charge in [0.1, 0.15) is 37.7 Å². The van der Waals surface area contributed by atoms with Crippen LogP contribution in [0.25, 0.3) is 0 Å². The Labute approximate surface area is 334 Å². The molecule has 0 rings (SSSR count). The lowest BCUT2D eigenvalue weighted by Crippen LogP contribution is -2.60. The van der Waals surface area contributed by atoms with Crippen molar-refractivity contribution in [3.05, 3.63) is 0 Å². The van der Waals surface area contributed by atoms with Gasteiger partial charge in [-0.25, -0.2) is 0 Å². The molecule has 6 amide bonds. The molecule has 0 aliphatic rings. The van der Waals surface area contributed by atoms with Gasteiger partial charge in [0, 0.05) is 6.54 Å². The van der Waals surface area contributed by atoms with Gasteiger partial charge in [-0.2, -0.15) is 0 Å². The minimum atomic E-state index is -1.64. The second kappa shape index (κ2) is 25.4. The molecule has 0 saturated heterocycles. The highest BCUT2D eigenvalue weighted by Crippen LogP contribution is 2.13. The van der Waals surface area contributed by atoms with E-state index in [1.165, 1.54) is 27.7 Å². The Balaban J connectivity index is 6.65. The number of carbonyl (C=O) groups is 7. The van der Waals surface area contributed by atoms with Crippen LogP contribution in [0.5, 0.6) is 0 Å². The number of carboxylic acids is 1. The largest absolute Gasteiger partial charge is 0.480 e. The Morgan fingerprint density at radius 1 is 0.509 bits per heavy atom. The lowest BCUT2D eigenvalue weighted by Gasteiger charge is -2.29. The molecule has 17 nitrogen and oxygen atoms in total. The molecule has 0 bridgehead atoms. The summed E-state index contributed by atoms with van der Waals surface area (Å²) in [6.07, 6.45) is -1.51. The number of hydrogen-bond acceptors (Lipinski definition) is 10. The van der Waals surface area contributed by atoms with E-state index >= 15 is 0 Å². The Hall–Kier alpha value is -3.83. The third-order valence-electron chi connectivity index (χ3n) is 8.17. The van der Waals surface area contributed by atoms with Crippen LogP contribution in [-0.4, -0.2) is 118 Å². The molecule has 318 valence electrons. The van der Waals surface area contributed by atoms with Crippen LogP contribution in [0.2, 0.25) is 7.06 Å². The molecule has 17 heteroatoms. The summed E-state index contributed by atoms with van der Waals surface area (Å²) in [7, 11) is 0. The van der Waals surface area contributed by atoms with E-state index < -0.39 is 109 Å². The van der Waals surface area contributed by atoms with Crippen molar-refractivity contribution in [2.45, 2.75) is 157 Å². The molecule has 0 aliphatic carbocycles. The highest BCUT2D eigenvalue weighted by molar-refractivity contribution is 5.97. The average molecular weight is 791 g/mol. The number of aliphatic hydroxyl groups is 2. The maximum absolute atomic E-state index is 14.1. The predicted molar refractivity (Wildman–Crippen MR) is 208 cm³/mol. The number of carbonyl (C=O) groups excluding carboxylic acids is 6. The molecule has 0 aliphatic heterocycles. The van der Waals surface area contributed by atoms with E-state index in [2.05, 4.69) is 10.6 Å². The van der Waals surface area contributed by atoms with Gasteiger partial charge in [0.15, 0.2) is 5.65 Å². The quantitative estimate of drug-likeness (QED) is 0.0565. The number of hydrogen-bond donors (Lipinski definition) is 10. The molecule has 0 saturated carbocycles. The smallest absolute Gasteiger partial charge is 0.325 e. The van der Waals surface area contributed by atoms with Crippen molar-refractivity contribution in [3.63, 3.8) is 0 Å². The SMILES string of the molecule is [2H]N(CC(O)CO)[C@H](CC(C)C)C(=O)N([2H])[C@@H](C)C(=O)N([2H])[C@@H](CC(C)C)C(=O)N[C@@H](CC(C)C)C(=O)N([2H])[C@H](C(=O)N([2H])[C@@H](CC(C)C)C(=O)N[C@@H](C)C(=O)O)C(C)C. The summed E-state index contributed by atoms with van der Waals surface area (Å²) in [4.78, 5) is 93.7. The molecule has 0 aromatic rings. The van der Waals surface area contributed by atoms with Crippen molar-refractivity contribution < 1.29 is 55.9 Å². The maximum atomic E-state index is 14.1. The lowest BCUT2D eigenvalue weighted by atomic mass is 9.97. The zero-order valence-electron chi connectivity index (χ0n) is 39.7. The Morgan fingerprint density at radius 2 is 0.927 bits per heavy atom. The first-order valence-corrected chi connectivity index (χ1v) is 19.2. The highest BCUT2D eigenvalue weighted by Gasteiger charge is 2.34. The summed E-state index contributed by atoms with van der Waals surface area (Å²) < 4.78 is 43.1. The highest BCUT2D eigenvalue weighted by atomic mass is 16.4. The summed E-state index contributed by atoms with van der Waals surface area (Å²) in [6.45, 7) is 18.2. The van der Waals surface area contributed by atoms with Crippen molar-refractivity contribution in [1.82, 2.24) is 37.2 Å². The molecule has 0 aromatic heterocycles. The molecule has 1 unspecified atom stereocenters. The number of aliphatic hydroxyl groups excluding tert-OH is 2. The molecule has 0 spiro atoms. The molecule has 55 heavy (non-hydrogen) atoms. The van der Waals surface area contributed by atoms with Crippen LogP contribution in [-0.2, 0) is 33.6 Å². The van der Waals surface area contributed by atoms with Crippen molar-refractivity contribution >= 4 is 41.4 Å². The van der Waals surface area contributed by atoms with Gasteiger partial charge < -0.3 is 52.5 Å². The third-order valence-corrected chi connectivity index (χ3v) is 8.17. The number of aliphatic carboxylic acids is 1. The maximum Gasteiger partial charge on any atom is 0.325 e. The monoisotopic (exact) mass is 791 g/mol. The van der Waals surface area contributed by atoms with E-state index in [0.29, 0.717) is 21.2 Å². The third kappa shape index (κ3) is 20.6. The second-order valence-electron chi connectivity index (χ2n) is 16.1. The van der Waals surface area contributed by atoms with E-state index in [9.17, 15) is 48.9 Å². The molecule has 0 fully saturated rings. The standard InChI is InChI=1S/C38H71N7O10/c1-19(2)13-27(39-17-26(47)18-46)33(49)40-24(11)32(48)42-29(15-21(5)6)35(51)43-30(16-22(7)8)36(52)45-31(23(9)10)37(53)44-28(14-20(3)4)34(50)41-25(12)38(54)55/h19-31,39,46-47H,13-18H2,1-12H3,(H,40,49)(H,41,50)(H,42,48)(H,43,51)(H,44,53)(H,45,52)(H,54,55)/t24-,25-,26?,27+,28-,29-,30-,31-/m0/s1/i/hD5. The normalized spacial score (nSPS) is 17.4. The van der Waals surface area contributed by atoms with E-state index in [1.807, 2.05) is 0 Å². The van der Waals surface area contributed by atoms with Crippen molar-refractivity contribution in [2.24, 2.45) is 29.6 Å². The van der Waals surface area contributed by atoms with Crippen molar-refractivity contribution in [2.75, 3.05) is 13.2 Å². The summed E-state index contributed by atoms with van der Waals surface area (Å²) in [5.74, 6) is -9.30. The van der Waals surface area contributed by atoms with Gasteiger partial charge in [0.2, 0.25) is 35.4 Å². The Kier molecular flexibility index (Phi) is 19.5. The first kappa shape index (κ1) is 42.3. The topological polar surface area (TPSA) is 264 Å². The number of amides is 6. The van der Waals surface area contributed by atoms with Gasteiger partial charge in [0.25, 0.3) is 0 Å². The first-order chi connectivity index (χ1) is 27.5. The van der Waals surface area contributed by atoms with E-state index in [0.717, 1.165) is 5.31 Å². The van der Waals surface area contributed by atoms with E-state index in [-0.39, 0.29) is 49.4 Å². The fourth-order valence-electron chi connectivity index (χ4n) is 5.21. The molecule has 10 N–H and O–H groups in total. The molecule has 8 atom stereocenters. The van der Waals surface area contributed by atoms with Crippen LogP contribution >= 0.6 is 0 Å². The molecule has 0 aromatic carbocycles. The summed E-state index contributed by atoms with van der Waals surface area (Å²) in [6, 6.07) is -10.4. The van der Waals surface area contributed by atoms with Gasteiger partial charge in [-0.3, -0.25) is 33.6 Å². The number of rotatable bonds is 26. The van der Waals surface area contributed by atoms with Gasteiger partial charge >= 0.3 is 5.97 Å². The predicted octanol–water partition coefficient (Wildman–Crippen LogP) is 0.171. The number of carboxylic acid groups (broad SMARTS) is 1. The van der Waals surface area contributed by atoms with Crippen LogP contribution in [0.1, 0.15) is 109 Å². The van der Waals surface area contributed by atoms with Gasteiger partial charge in [-0.15, -0.1) is 0 Å². The fourth-order valence-corrected chi connectivity index (χ4v) is 5.21. The van der Waals surface area contributed by atoms with Crippen LogP contribution in [0.3, 0.4) is 0 Å². The van der Waals surface area contributed by atoms with Gasteiger partial charge in [-0.05, 0) is 69.1 Å². The van der Waals surface area contributed by atoms with Gasteiger partial charge in [0.05, 0.1) is 18.8 Å². The molecular formula is C38H71N7O10. The minimum absolute atomic E-state index is 0.0451. The zero-order chi connectivity index (χ0) is 47.1. The summed E-state index contributed by atoms with van der Waals surface area (Å²) in [5, 5.41) is 35.2. The van der Waals surface area contributed by atoms with Crippen LogP contribution in [0.4, 0.5) is 0 Å². The second-order valence-corrected chi connectivity index (χ2v) is 16.1. The average Bonchev–Trinajstić information content (AvgIpc) is 3.14. The molecular weight excluding hydrogens is 714 g/mol. The minimum Gasteiger partial charge on any atom is -0.480 e. The van der Waals surface area contributed by atoms with Crippen molar-refractivity contribution in [1.29, 1.82) is 0 Å². The summed E-state index contributed by atoms with van der Waals surface area (Å²) >= 11 is 0. The fraction of sp³-hybridized carbons (Fsp3) is 0.816. The Morgan fingerprint density at radius 3 is 1.36 bits per heavy atom. The summed E-state index contributed by atoms with van der Waals surface area (Å²) in [5.41, 5.74) is 0.